The third-order valence-electron chi connectivity index (χ3n) is 5.97. The van der Waals surface area contributed by atoms with E-state index in [1.807, 2.05) is 18.2 Å². The Morgan fingerprint density at radius 3 is 2.42 bits per heavy atom. The molecular formula is C22H29N5O3S. The number of pyridine rings is 1. The van der Waals surface area contributed by atoms with Gasteiger partial charge in [0.1, 0.15) is 5.82 Å². The average Bonchev–Trinajstić information content (AvgIpc) is 3.58. The normalized spacial score (nSPS) is 18.0. The van der Waals surface area contributed by atoms with Gasteiger partial charge in [-0.2, -0.15) is 0 Å². The number of primary amides is 1. The van der Waals surface area contributed by atoms with Crippen molar-refractivity contribution in [3.8, 4) is 0 Å². The number of amides is 1. The van der Waals surface area contributed by atoms with Crippen LogP contribution in [0.3, 0.4) is 0 Å². The van der Waals surface area contributed by atoms with Crippen molar-refractivity contribution in [1.29, 1.82) is 0 Å². The Morgan fingerprint density at radius 2 is 1.84 bits per heavy atom. The fourth-order valence-electron chi connectivity index (χ4n) is 3.92. The van der Waals surface area contributed by atoms with Crippen LogP contribution in [-0.2, 0) is 10.0 Å². The minimum Gasteiger partial charge on any atom is -0.382 e. The summed E-state index contributed by atoms with van der Waals surface area (Å²) in [6.07, 6.45) is 5.35. The van der Waals surface area contributed by atoms with Crippen LogP contribution in [0.5, 0.6) is 0 Å². The van der Waals surface area contributed by atoms with E-state index in [4.69, 9.17) is 5.73 Å². The number of piperidine rings is 1. The van der Waals surface area contributed by atoms with Crippen molar-refractivity contribution in [3.63, 3.8) is 0 Å². The molecule has 1 aromatic heterocycles. The first-order chi connectivity index (χ1) is 14.9. The van der Waals surface area contributed by atoms with Crippen molar-refractivity contribution in [2.24, 2.45) is 5.73 Å². The molecule has 9 heteroatoms. The van der Waals surface area contributed by atoms with Crippen LogP contribution < -0.4 is 16.4 Å². The molecule has 1 aliphatic heterocycles. The van der Waals surface area contributed by atoms with E-state index < -0.39 is 15.9 Å². The zero-order chi connectivity index (χ0) is 22.0. The molecular weight excluding hydrogens is 414 g/mol. The summed E-state index contributed by atoms with van der Waals surface area (Å²) in [7, 11) is -3.10. The summed E-state index contributed by atoms with van der Waals surface area (Å²) in [5.41, 5.74) is 8.67. The van der Waals surface area contributed by atoms with Gasteiger partial charge >= 0.3 is 0 Å². The van der Waals surface area contributed by atoms with Gasteiger partial charge in [0.25, 0.3) is 5.91 Å². The number of nitrogens with zero attached hydrogens (tertiary/aromatic N) is 2. The van der Waals surface area contributed by atoms with Gasteiger partial charge in [-0.1, -0.05) is 12.1 Å². The molecule has 166 valence electrons. The zero-order valence-corrected chi connectivity index (χ0v) is 18.5. The molecule has 2 fully saturated rings. The second-order valence-electron chi connectivity index (χ2n) is 8.22. The topological polar surface area (TPSA) is 117 Å². The lowest BCUT2D eigenvalue weighted by Crippen LogP contribution is -2.38. The van der Waals surface area contributed by atoms with Gasteiger partial charge in [0.05, 0.1) is 17.0 Å². The molecule has 2 aromatic rings. The summed E-state index contributed by atoms with van der Waals surface area (Å²) in [4.78, 5) is 16.0. The summed E-state index contributed by atoms with van der Waals surface area (Å²) in [6.45, 7) is 2.84. The van der Waals surface area contributed by atoms with E-state index >= 15 is 0 Å². The third-order valence-corrected chi connectivity index (χ3v) is 7.85. The smallest absolute Gasteiger partial charge is 0.252 e. The maximum absolute atomic E-state index is 12.0. The number of aromatic nitrogens is 1. The number of hydrogen-bond acceptors (Lipinski definition) is 6. The van der Waals surface area contributed by atoms with E-state index in [9.17, 15) is 13.2 Å². The lowest BCUT2D eigenvalue weighted by Gasteiger charge is -2.31. The summed E-state index contributed by atoms with van der Waals surface area (Å²) in [6, 6.07) is 10.4. The maximum Gasteiger partial charge on any atom is 0.252 e. The Morgan fingerprint density at radius 1 is 1.16 bits per heavy atom. The Balaban J connectivity index is 1.40. The van der Waals surface area contributed by atoms with Gasteiger partial charge in [0.15, 0.2) is 0 Å². The predicted octanol–water partition coefficient (Wildman–Crippen LogP) is 3.03. The molecule has 0 spiro atoms. The van der Waals surface area contributed by atoms with Crippen molar-refractivity contribution in [2.45, 2.75) is 44.6 Å². The van der Waals surface area contributed by atoms with Gasteiger partial charge in [0, 0.05) is 37.1 Å². The first kappa shape index (κ1) is 21.6. The second-order valence-corrected chi connectivity index (χ2v) is 10.5. The van der Waals surface area contributed by atoms with Crippen molar-refractivity contribution < 1.29 is 13.2 Å². The number of rotatable bonds is 8. The molecule has 4 N–H and O–H groups in total. The molecule has 31 heavy (non-hydrogen) atoms. The number of anilines is 3. The van der Waals surface area contributed by atoms with Crippen molar-refractivity contribution in [3.05, 3.63) is 47.7 Å². The molecule has 1 aliphatic carbocycles. The minimum absolute atomic E-state index is 0.157. The van der Waals surface area contributed by atoms with Gasteiger partial charge in [0.2, 0.25) is 10.0 Å². The summed E-state index contributed by atoms with van der Waals surface area (Å²) in [5, 5.41) is 6.61. The number of sulfonamides is 1. The van der Waals surface area contributed by atoms with E-state index in [0.717, 1.165) is 31.4 Å². The molecule has 0 radical (unpaired) electrons. The highest BCUT2D eigenvalue weighted by Crippen LogP contribution is 2.31. The Bertz CT molecular complexity index is 1040. The summed E-state index contributed by atoms with van der Waals surface area (Å²) < 4.78 is 25.7. The fourth-order valence-corrected chi connectivity index (χ4v) is 5.06. The van der Waals surface area contributed by atoms with Crippen LogP contribution in [-0.4, -0.2) is 48.5 Å². The molecule has 4 rings (SSSR count). The van der Waals surface area contributed by atoms with Crippen LogP contribution in [0.1, 0.15) is 54.4 Å². The molecule has 1 amide bonds. The fraction of sp³-hybridized carbons (Fsp3) is 0.455. The number of nitrogens with one attached hydrogen (secondary N) is 2. The standard InChI is InChI=1S/C22H29N5O3S/c1-2-31(29,30)27-11-9-16(10-12-27)15-3-5-18(6-4-15)26-21-13-20(25-17-7-8-17)19(14-24-21)22(23)28/h3-6,13-14,16-17H,2,7-12H2,1H3,(H2,23,28)(H2,24,25,26). The van der Waals surface area contributed by atoms with Crippen LogP contribution in [0.25, 0.3) is 0 Å². The lowest BCUT2D eigenvalue weighted by molar-refractivity contribution is 0.100. The molecule has 0 bridgehead atoms. The van der Waals surface area contributed by atoms with Crippen LogP contribution in [0.4, 0.5) is 17.2 Å². The minimum atomic E-state index is -3.10. The first-order valence-corrected chi connectivity index (χ1v) is 12.4. The molecule has 8 nitrogen and oxygen atoms in total. The van der Waals surface area contributed by atoms with Crippen LogP contribution >= 0.6 is 0 Å². The average molecular weight is 444 g/mol. The zero-order valence-electron chi connectivity index (χ0n) is 17.7. The second kappa shape index (κ2) is 8.84. The highest BCUT2D eigenvalue weighted by molar-refractivity contribution is 7.89. The Hall–Kier alpha value is -2.65. The number of carbonyl (C=O) groups is 1. The molecule has 1 saturated heterocycles. The van der Waals surface area contributed by atoms with Crippen molar-refractivity contribution >= 4 is 33.1 Å². The van der Waals surface area contributed by atoms with E-state index in [0.29, 0.717) is 42.1 Å². The van der Waals surface area contributed by atoms with Crippen molar-refractivity contribution in [1.82, 2.24) is 9.29 Å². The predicted molar refractivity (Wildman–Crippen MR) is 122 cm³/mol. The molecule has 1 aromatic carbocycles. The number of benzene rings is 1. The maximum atomic E-state index is 12.0. The largest absolute Gasteiger partial charge is 0.382 e. The molecule has 0 atom stereocenters. The number of nitrogens with two attached hydrogens (primary N) is 1. The van der Waals surface area contributed by atoms with Gasteiger partial charge in [-0.15, -0.1) is 0 Å². The highest BCUT2D eigenvalue weighted by atomic mass is 32.2. The van der Waals surface area contributed by atoms with E-state index in [-0.39, 0.29) is 5.75 Å². The Kier molecular flexibility index (Phi) is 6.15. The molecule has 2 aliphatic rings. The quantitative estimate of drug-likeness (QED) is 0.577. The highest BCUT2D eigenvalue weighted by Gasteiger charge is 2.27. The number of hydrogen-bond donors (Lipinski definition) is 3. The van der Waals surface area contributed by atoms with Gasteiger partial charge in [-0.3, -0.25) is 4.79 Å². The molecule has 1 saturated carbocycles. The first-order valence-electron chi connectivity index (χ1n) is 10.8. The van der Waals surface area contributed by atoms with Crippen LogP contribution in [0.2, 0.25) is 0 Å². The number of carbonyl (C=O) groups excluding carboxylic acids is 1. The summed E-state index contributed by atoms with van der Waals surface area (Å²) in [5.74, 6) is 0.660. The molecule has 2 heterocycles. The van der Waals surface area contributed by atoms with Gasteiger partial charge in [-0.05, 0) is 56.2 Å². The van der Waals surface area contributed by atoms with Crippen LogP contribution in [0.15, 0.2) is 36.5 Å². The monoisotopic (exact) mass is 443 g/mol. The van der Waals surface area contributed by atoms with E-state index in [1.165, 1.54) is 11.8 Å². The van der Waals surface area contributed by atoms with E-state index in [2.05, 4.69) is 27.8 Å². The third kappa shape index (κ3) is 5.16. The summed E-state index contributed by atoms with van der Waals surface area (Å²) >= 11 is 0. The Labute approximate surface area is 183 Å². The van der Waals surface area contributed by atoms with Gasteiger partial charge < -0.3 is 16.4 Å². The van der Waals surface area contributed by atoms with Crippen molar-refractivity contribution in [2.75, 3.05) is 29.5 Å². The van der Waals surface area contributed by atoms with Crippen LogP contribution in [0, 0.1) is 0 Å². The lowest BCUT2D eigenvalue weighted by atomic mass is 9.90. The SMILES string of the molecule is CCS(=O)(=O)N1CCC(c2ccc(Nc3cc(NC4CC4)c(C(N)=O)cn3)cc2)CC1. The van der Waals surface area contributed by atoms with Gasteiger partial charge in [-0.25, -0.2) is 17.7 Å². The molecule has 0 unspecified atom stereocenters. The van der Waals surface area contributed by atoms with E-state index in [1.54, 1.807) is 11.2 Å².